The van der Waals surface area contributed by atoms with E-state index in [-0.39, 0.29) is 4.90 Å². The number of hydrogen-bond donors (Lipinski definition) is 1. The van der Waals surface area contributed by atoms with Crippen molar-refractivity contribution in [3.05, 3.63) is 36.4 Å². The van der Waals surface area contributed by atoms with Crippen molar-refractivity contribution in [2.75, 3.05) is 26.7 Å². The van der Waals surface area contributed by atoms with Gasteiger partial charge in [0.05, 0.1) is 11.5 Å². The van der Waals surface area contributed by atoms with Crippen molar-refractivity contribution >= 4 is 20.8 Å². The lowest BCUT2D eigenvalue weighted by Crippen LogP contribution is -2.37. The first-order chi connectivity index (χ1) is 11.9. The first-order valence-corrected chi connectivity index (χ1v) is 10.2. The molecule has 1 atom stereocenters. The van der Waals surface area contributed by atoms with Crippen LogP contribution in [0.3, 0.4) is 0 Å². The topological polar surface area (TPSA) is 58.6 Å². The number of fused-ring (bicyclic) bond motifs is 1. The second-order valence-electron chi connectivity index (χ2n) is 6.18. The van der Waals surface area contributed by atoms with Gasteiger partial charge < -0.3 is 9.64 Å². The summed E-state index contributed by atoms with van der Waals surface area (Å²) in [6, 6.07) is 11.2. The van der Waals surface area contributed by atoms with Crippen LogP contribution >= 0.6 is 0 Å². The van der Waals surface area contributed by atoms with Crippen LogP contribution in [0.15, 0.2) is 41.3 Å². The van der Waals surface area contributed by atoms with Crippen molar-refractivity contribution in [3.63, 3.8) is 0 Å². The monoisotopic (exact) mass is 364 g/mol. The number of ether oxygens (including phenoxy) is 1. The molecule has 0 radical (unpaired) electrons. The molecule has 0 fully saturated rings. The highest BCUT2D eigenvalue weighted by atomic mass is 32.2. The minimum atomic E-state index is -3.58. The van der Waals surface area contributed by atoms with Gasteiger partial charge in [-0.3, -0.25) is 0 Å². The molecule has 0 aromatic heterocycles. The molecule has 2 aromatic carbocycles. The molecular weight excluding hydrogens is 336 g/mol. The molecule has 0 saturated heterocycles. The molecular formula is C19H28N2O3S. The van der Waals surface area contributed by atoms with Gasteiger partial charge in [-0.1, -0.05) is 31.2 Å². The number of nitrogens with zero attached hydrogens (tertiary/aromatic N) is 1. The first-order valence-electron chi connectivity index (χ1n) is 8.75. The molecule has 1 unspecified atom stereocenters. The molecule has 1 N–H and O–H groups in total. The van der Waals surface area contributed by atoms with Gasteiger partial charge in [-0.25, -0.2) is 13.1 Å². The minimum absolute atomic E-state index is 0.290. The molecule has 0 aliphatic heterocycles. The number of likely N-dealkylation sites (N-methyl/N-ethyl adjacent to an activating group) is 1. The van der Waals surface area contributed by atoms with Crippen LogP contribution in [0.5, 0.6) is 5.75 Å². The number of benzene rings is 2. The Bertz CT molecular complexity index is 805. The van der Waals surface area contributed by atoms with E-state index in [1.807, 2.05) is 38.2 Å². The SMILES string of the molecule is CCOc1ccc(S(=O)(=O)NCCN(C)C(C)CC)c2ccccc12. The second-order valence-corrected chi connectivity index (χ2v) is 7.91. The Morgan fingerprint density at radius 3 is 2.44 bits per heavy atom. The highest BCUT2D eigenvalue weighted by Crippen LogP contribution is 2.30. The zero-order valence-corrected chi connectivity index (χ0v) is 16.3. The van der Waals surface area contributed by atoms with Gasteiger partial charge >= 0.3 is 0 Å². The third-order valence-electron chi connectivity index (χ3n) is 4.53. The average Bonchev–Trinajstić information content (AvgIpc) is 2.61. The van der Waals surface area contributed by atoms with Crippen LogP contribution in [0.4, 0.5) is 0 Å². The molecule has 25 heavy (non-hydrogen) atoms. The molecule has 0 saturated carbocycles. The number of hydrogen-bond acceptors (Lipinski definition) is 4. The second kappa shape index (κ2) is 8.65. The zero-order valence-electron chi connectivity index (χ0n) is 15.5. The molecule has 138 valence electrons. The lowest BCUT2D eigenvalue weighted by atomic mass is 10.1. The Hall–Kier alpha value is -1.63. The maximum atomic E-state index is 12.8. The van der Waals surface area contributed by atoms with Crippen molar-refractivity contribution in [1.82, 2.24) is 9.62 Å². The molecule has 2 aromatic rings. The highest BCUT2D eigenvalue weighted by molar-refractivity contribution is 7.89. The molecule has 0 spiro atoms. The van der Waals surface area contributed by atoms with E-state index in [0.29, 0.717) is 36.9 Å². The third kappa shape index (κ3) is 4.71. The quantitative estimate of drug-likeness (QED) is 0.742. The van der Waals surface area contributed by atoms with E-state index in [4.69, 9.17) is 4.74 Å². The van der Waals surface area contributed by atoms with Crippen LogP contribution in [0.2, 0.25) is 0 Å². The Labute approximate surface area is 151 Å². The largest absolute Gasteiger partial charge is 0.493 e. The molecule has 2 rings (SSSR count). The fourth-order valence-corrected chi connectivity index (χ4v) is 3.96. The Morgan fingerprint density at radius 2 is 1.80 bits per heavy atom. The van der Waals surface area contributed by atoms with Gasteiger partial charge in [0.2, 0.25) is 10.0 Å². The molecule has 6 heteroatoms. The Kier molecular flexibility index (Phi) is 6.81. The highest BCUT2D eigenvalue weighted by Gasteiger charge is 2.19. The number of rotatable bonds is 9. The van der Waals surface area contributed by atoms with Crippen molar-refractivity contribution < 1.29 is 13.2 Å². The summed E-state index contributed by atoms with van der Waals surface area (Å²) in [6.45, 7) is 7.75. The number of sulfonamides is 1. The molecule has 0 heterocycles. The van der Waals surface area contributed by atoms with Crippen LogP contribution in [-0.4, -0.2) is 46.1 Å². The van der Waals surface area contributed by atoms with Gasteiger partial charge in [0.15, 0.2) is 0 Å². The normalized spacial score (nSPS) is 13.3. The van der Waals surface area contributed by atoms with E-state index in [0.717, 1.165) is 11.8 Å². The molecule has 0 aliphatic rings. The standard InChI is InChI=1S/C19H28N2O3S/c1-5-15(3)21(4)14-13-20-25(22,23)19-12-11-18(24-6-2)16-9-7-8-10-17(16)19/h7-12,15,20H,5-6,13-14H2,1-4H3. The summed E-state index contributed by atoms with van der Waals surface area (Å²) in [7, 11) is -1.57. The molecule has 0 bridgehead atoms. The van der Waals surface area contributed by atoms with Gasteiger partial charge in [-0.15, -0.1) is 0 Å². The van der Waals surface area contributed by atoms with Crippen molar-refractivity contribution in [2.45, 2.75) is 38.1 Å². The summed E-state index contributed by atoms with van der Waals surface area (Å²) in [5, 5.41) is 1.49. The van der Waals surface area contributed by atoms with E-state index in [1.165, 1.54) is 0 Å². The summed E-state index contributed by atoms with van der Waals surface area (Å²) < 4.78 is 33.9. The minimum Gasteiger partial charge on any atom is -0.493 e. The van der Waals surface area contributed by atoms with Crippen LogP contribution in [-0.2, 0) is 10.0 Å². The summed E-state index contributed by atoms with van der Waals surface area (Å²) >= 11 is 0. The van der Waals surface area contributed by atoms with Crippen LogP contribution < -0.4 is 9.46 Å². The maximum Gasteiger partial charge on any atom is 0.241 e. The van der Waals surface area contributed by atoms with Crippen LogP contribution in [0.25, 0.3) is 10.8 Å². The fraction of sp³-hybridized carbons (Fsp3) is 0.474. The molecule has 5 nitrogen and oxygen atoms in total. The van der Waals surface area contributed by atoms with E-state index >= 15 is 0 Å². The third-order valence-corrected chi connectivity index (χ3v) is 6.05. The molecule has 0 amide bonds. The van der Waals surface area contributed by atoms with E-state index in [9.17, 15) is 8.42 Å². The smallest absolute Gasteiger partial charge is 0.241 e. The van der Waals surface area contributed by atoms with Gasteiger partial charge in [0.25, 0.3) is 0 Å². The van der Waals surface area contributed by atoms with Crippen LogP contribution in [0, 0.1) is 0 Å². The maximum absolute atomic E-state index is 12.8. The van der Waals surface area contributed by atoms with Gasteiger partial charge in [0, 0.05) is 29.9 Å². The summed E-state index contributed by atoms with van der Waals surface area (Å²) in [4.78, 5) is 2.44. The van der Waals surface area contributed by atoms with Crippen molar-refractivity contribution in [3.8, 4) is 5.75 Å². The number of nitrogens with one attached hydrogen (secondary N) is 1. The van der Waals surface area contributed by atoms with Crippen LogP contribution in [0.1, 0.15) is 27.2 Å². The van der Waals surface area contributed by atoms with Gasteiger partial charge in [0.1, 0.15) is 5.75 Å². The predicted molar refractivity (Wildman–Crippen MR) is 103 cm³/mol. The summed E-state index contributed by atoms with van der Waals surface area (Å²) in [6.07, 6.45) is 1.03. The average molecular weight is 365 g/mol. The van der Waals surface area contributed by atoms with Gasteiger partial charge in [-0.05, 0) is 39.4 Å². The lowest BCUT2D eigenvalue weighted by molar-refractivity contribution is 0.256. The molecule has 0 aliphatic carbocycles. The fourth-order valence-electron chi connectivity index (χ4n) is 2.73. The Balaban J connectivity index is 2.23. The van der Waals surface area contributed by atoms with Gasteiger partial charge in [-0.2, -0.15) is 0 Å². The zero-order chi connectivity index (χ0) is 18.4. The van der Waals surface area contributed by atoms with E-state index in [2.05, 4.69) is 23.5 Å². The summed E-state index contributed by atoms with van der Waals surface area (Å²) in [5.74, 6) is 0.702. The van der Waals surface area contributed by atoms with E-state index < -0.39 is 10.0 Å². The van der Waals surface area contributed by atoms with Crippen molar-refractivity contribution in [2.24, 2.45) is 0 Å². The lowest BCUT2D eigenvalue weighted by Gasteiger charge is -2.23. The summed E-state index contributed by atoms with van der Waals surface area (Å²) in [5.41, 5.74) is 0. The van der Waals surface area contributed by atoms with E-state index in [1.54, 1.807) is 12.1 Å². The predicted octanol–water partition coefficient (Wildman–Crippen LogP) is 3.25. The first kappa shape index (κ1) is 19.7. The van der Waals surface area contributed by atoms with Crippen molar-refractivity contribution in [1.29, 1.82) is 0 Å². The Morgan fingerprint density at radius 1 is 1.12 bits per heavy atom.